The molecule has 0 N–H and O–H groups in total. The van der Waals surface area contributed by atoms with E-state index < -0.39 is 0 Å². The van der Waals surface area contributed by atoms with E-state index in [0.717, 1.165) is 0 Å². The lowest BCUT2D eigenvalue weighted by Gasteiger charge is -2.35. The average Bonchev–Trinajstić information content (AvgIpc) is 2.68. The summed E-state index contributed by atoms with van der Waals surface area (Å²) in [5.74, 6) is 0.413. The quantitative estimate of drug-likeness (QED) is 0.691. The number of carbonyl (C=O) groups excluding carboxylic acids is 2. The lowest BCUT2D eigenvalue weighted by Crippen LogP contribution is -2.50. The summed E-state index contributed by atoms with van der Waals surface area (Å²) < 4.78 is 5.57. The van der Waals surface area contributed by atoms with E-state index in [2.05, 4.69) is 0 Å². The summed E-state index contributed by atoms with van der Waals surface area (Å²) in [6.07, 6.45) is 0.253. The van der Waals surface area contributed by atoms with Crippen LogP contribution in [0.4, 0.5) is 0 Å². The number of hydrogen-bond acceptors (Lipinski definition) is 3. The van der Waals surface area contributed by atoms with Gasteiger partial charge in [-0.25, -0.2) is 0 Å². The summed E-state index contributed by atoms with van der Waals surface area (Å²) in [5.41, 5.74) is 0.449. The van der Waals surface area contributed by atoms with Gasteiger partial charge in [-0.1, -0.05) is 46.9 Å². The van der Waals surface area contributed by atoms with E-state index >= 15 is 0 Å². The SMILES string of the molecule is O=C(CCOc1ccccc1Cl)N1CCN(C(=O)c2cc(Cl)cc(Cl)c2)CC1. The first-order chi connectivity index (χ1) is 13.4. The van der Waals surface area contributed by atoms with E-state index in [-0.39, 0.29) is 24.8 Å². The van der Waals surface area contributed by atoms with Crippen LogP contribution in [0.1, 0.15) is 16.8 Å². The highest BCUT2D eigenvalue weighted by Gasteiger charge is 2.25. The normalized spacial score (nSPS) is 14.1. The van der Waals surface area contributed by atoms with E-state index in [4.69, 9.17) is 39.5 Å². The summed E-state index contributed by atoms with van der Waals surface area (Å²) in [6, 6.07) is 11.9. The van der Waals surface area contributed by atoms with E-state index in [1.54, 1.807) is 40.1 Å². The van der Waals surface area contributed by atoms with Gasteiger partial charge in [-0.05, 0) is 30.3 Å². The topological polar surface area (TPSA) is 49.9 Å². The fraction of sp³-hybridized carbons (Fsp3) is 0.300. The number of carbonyl (C=O) groups is 2. The Morgan fingerprint density at radius 2 is 1.50 bits per heavy atom. The molecule has 0 unspecified atom stereocenters. The monoisotopic (exact) mass is 440 g/mol. The van der Waals surface area contributed by atoms with Crippen molar-refractivity contribution in [2.45, 2.75) is 6.42 Å². The Morgan fingerprint density at radius 3 is 2.14 bits per heavy atom. The van der Waals surface area contributed by atoms with Crippen LogP contribution in [0.5, 0.6) is 5.75 Å². The number of piperazine rings is 1. The molecule has 2 aromatic rings. The molecule has 5 nitrogen and oxygen atoms in total. The van der Waals surface area contributed by atoms with Gasteiger partial charge in [-0.15, -0.1) is 0 Å². The van der Waals surface area contributed by atoms with Gasteiger partial charge in [0, 0.05) is 41.8 Å². The number of benzene rings is 2. The van der Waals surface area contributed by atoms with E-state index in [9.17, 15) is 9.59 Å². The van der Waals surface area contributed by atoms with Crippen LogP contribution < -0.4 is 4.74 Å². The molecule has 2 aromatic carbocycles. The molecule has 0 aliphatic carbocycles. The average molecular weight is 442 g/mol. The van der Waals surface area contributed by atoms with Gasteiger partial charge < -0.3 is 14.5 Å². The lowest BCUT2D eigenvalue weighted by atomic mass is 10.1. The molecule has 0 atom stereocenters. The van der Waals surface area contributed by atoms with Gasteiger partial charge in [-0.2, -0.15) is 0 Å². The van der Waals surface area contributed by atoms with Crippen LogP contribution in [0.25, 0.3) is 0 Å². The highest BCUT2D eigenvalue weighted by Crippen LogP contribution is 2.23. The number of amides is 2. The third kappa shape index (κ3) is 5.31. The first-order valence-corrected chi connectivity index (χ1v) is 9.98. The maximum absolute atomic E-state index is 12.6. The zero-order valence-corrected chi connectivity index (χ0v) is 17.3. The highest BCUT2D eigenvalue weighted by molar-refractivity contribution is 6.35. The van der Waals surface area contributed by atoms with Crippen LogP contribution in [-0.2, 0) is 4.79 Å². The van der Waals surface area contributed by atoms with Gasteiger partial charge in [0.25, 0.3) is 5.91 Å². The summed E-state index contributed by atoms with van der Waals surface area (Å²) in [4.78, 5) is 28.4. The fourth-order valence-electron chi connectivity index (χ4n) is 2.99. The predicted octanol–water partition coefficient (Wildman–Crippen LogP) is 4.40. The van der Waals surface area contributed by atoms with Gasteiger partial charge in [0.05, 0.1) is 18.1 Å². The molecule has 28 heavy (non-hydrogen) atoms. The summed E-state index contributed by atoms with van der Waals surface area (Å²) in [5, 5.41) is 1.36. The first kappa shape index (κ1) is 20.8. The van der Waals surface area contributed by atoms with Crippen molar-refractivity contribution >= 4 is 46.6 Å². The van der Waals surface area contributed by atoms with Crippen molar-refractivity contribution in [3.05, 3.63) is 63.1 Å². The first-order valence-electron chi connectivity index (χ1n) is 8.84. The molecule has 1 aliphatic heterocycles. The maximum Gasteiger partial charge on any atom is 0.254 e. The van der Waals surface area contributed by atoms with Crippen LogP contribution in [0.2, 0.25) is 15.1 Å². The molecule has 1 saturated heterocycles. The van der Waals surface area contributed by atoms with Crippen molar-refractivity contribution in [2.75, 3.05) is 32.8 Å². The third-order valence-corrected chi connectivity index (χ3v) is 5.19. The molecule has 3 rings (SSSR count). The van der Waals surface area contributed by atoms with Crippen LogP contribution in [0.3, 0.4) is 0 Å². The molecule has 2 amide bonds. The molecule has 0 saturated carbocycles. The molecular formula is C20H19Cl3N2O3. The second kappa shape index (κ2) is 9.50. The second-order valence-electron chi connectivity index (χ2n) is 6.36. The van der Waals surface area contributed by atoms with Gasteiger partial charge in [0.2, 0.25) is 5.91 Å². The number of rotatable bonds is 5. The lowest BCUT2D eigenvalue weighted by molar-refractivity contribution is -0.133. The maximum atomic E-state index is 12.6. The molecule has 1 aliphatic rings. The molecule has 0 aromatic heterocycles. The fourth-order valence-corrected chi connectivity index (χ4v) is 3.70. The van der Waals surface area contributed by atoms with Gasteiger partial charge in [0.15, 0.2) is 0 Å². The van der Waals surface area contributed by atoms with Crippen LogP contribution >= 0.6 is 34.8 Å². The van der Waals surface area contributed by atoms with E-state index in [0.29, 0.717) is 52.6 Å². The molecule has 1 fully saturated rings. The molecular weight excluding hydrogens is 423 g/mol. The molecule has 0 bridgehead atoms. The Hall–Kier alpha value is -1.95. The second-order valence-corrected chi connectivity index (χ2v) is 7.64. The van der Waals surface area contributed by atoms with Crippen molar-refractivity contribution in [1.82, 2.24) is 9.80 Å². The van der Waals surface area contributed by atoms with Crippen LogP contribution in [-0.4, -0.2) is 54.4 Å². The Kier molecular flexibility index (Phi) is 7.05. The standard InChI is InChI=1S/C20H19Cl3N2O3/c21-15-11-14(12-16(22)13-15)20(27)25-8-6-24(7-9-25)19(26)5-10-28-18-4-2-1-3-17(18)23/h1-4,11-13H,5-10H2. The number of para-hydroxylation sites is 1. The zero-order chi connectivity index (χ0) is 20.1. The minimum atomic E-state index is -0.140. The molecule has 0 radical (unpaired) electrons. The van der Waals surface area contributed by atoms with Crippen molar-refractivity contribution in [3.8, 4) is 5.75 Å². The smallest absolute Gasteiger partial charge is 0.254 e. The van der Waals surface area contributed by atoms with Crippen molar-refractivity contribution in [3.63, 3.8) is 0 Å². The minimum absolute atomic E-state index is 0.00930. The van der Waals surface area contributed by atoms with Crippen molar-refractivity contribution in [2.24, 2.45) is 0 Å². The molecule has 1 heterocycles. The molecule has 8 heteroatoms. The molecule has 148 valence electrons. The summed E-state index contributed by atoms with van der Waals surface area (Å²) in [6.45, 7) is 2.12. The minimum Gasteiger partial charge on any atom is -0.491 e. The van der Waals surface area contributed by atoms with Crippen LogP contribution in [0, 0.1) is 0 Å². The summed E-state index contributed by atoms with van der Waals surface area (Å²) >= 11 is 18.0. The highest BCUT2D eigenvalue weighted by atomic mass is 35.5. The molecule has 0 spiro atoms. The van der Waals surface area contributed by atoms with E-state index in [1.165, 1.54) is 0 Å². The van der Waals surface area contributed by atoms with Gasteiger partial charge >= 0.3 is 0 Å². The number of nitrogens with zero attached hydrogens (tertiary/aromatic N) is 2. The Labute approximate surface area is 178 Å². The number of ether oxygens (including phenoxy) is 1. The van der Waals surface area contributed by atoms with Crippen molar-refractivity contribution in [1.29, 1.82) is 0 Å². The third-order valence-electron chi connectivity index (χ3n) is 4.44. The number of hydrogen-bond donors (Lipinski definition) is 0. The Balaban J connectivity index is 1.47. The Morgan fingerprint density at radius 1 is 0.893 bits per heavy atom. The van der Waals surface area contributed by atoms with Gasteiger partial charge in [0.1, 0.15) is 5.75 Å². The largest absolute Gasteiger partial charge is 0.491 e. The Bertz CT molecular complexity index is 847. The van der Waals surface area contributed by atoms with Crippen molar-refractivity contribution < 1.29 is 14.3 Å². The van der Waals surface area contributed by atoms with Crippen LogP contribution in [0.15, 0.2) is 42.5 Å². The zero-order valence-electron chi connectivity index (χ0n) is 15.0. The summed E-state index contributed by atoms with van der Waals surface area (Å²) in [7, 11) is 0. The van der Waals surface area contributed by atoms with E-state index in [1.807, 2.05) is 12.1 Å². The number of halogens is 3. The predicted molar refractivity (Wildman–Crippen MR) is 111 cm³/mol. The van der Waals surface area contributed by atoms with Gasteiger partial charge in [-0.3, -0.25) is 9.59 Å².